The molecule has 0 spiro atoms. The molecule has 1 saturated carbocycles. The summed E-state index contributed by atoms with van der Waals surface area (Å²) in [5.41, 5.74) is 3.04. The Balaban J connectivity index is 1.93. The van der Waals surface area contributed by atoms with Crippen molar-refractivity contribution in [2.75, 3.05) is 13.7 Å². The summed E-state index contributed by atoms with van der Waals surface area (Å²) < 4.78 is 5.40. The molecule has 2 rings (SSSR count). The van der Waals surface area contributed by atoms with Crippen LogP contribution < -0.4 is 10.1 Å². The van der Waals surface area contributed by atoms with E-state index in [-0.39, 0.29) is 11.8 Å². The van der Waals surface area contributed by atoms with Gasteiger partial charge >= 0.3 is 5.97 Å². The van der Waals surface area contributed by atoms with Gasteiger partial charge in [-0.25, -0.2) is 0 Å². The fourth-order valence-corrected chi connectivity index (χ4v) is 3.23. The first kappa shape index (κ1) is 15.8. The van der Waals surface area contributed by atoms with Crippen LogP contribution in [-0.4, -0.2) is 29.7 Å². The Hall–Kier alpha value is -1.62. The van der Waals surface area contributed by atoms with E-state index in [1.165, 1.54) is 0 Å². The molecule has 1 aromatic heterocycles. The molecule has 116 valence electrons. The Bertz CT molecular complexity index is 516. The number of rotatable bonds is 6. The number of aliphatic carboxylic acids is 1. The lowest BCUT2D eigenvalue weighted by Crippen LogP contribution is -2.29. The molecule has 0 aromatic carbocycles. The molecule has 0 saturated heterocycles. The van der Waals surface area contributed by atoms with Crippen molar-refractivity contribution in [3.05, 3.63) is 23.0 Å². The van der Waals surface area contributed by atoms with Crippen LogP contribution in [0.15, 0.2) is 6.20 Å². The zero-order valence-corrected chi connectivity index (χ0v) is 13.0. The monoisotopic (exact) mass is 292 g/mol. The summed E-state index contributed by atoms with van der Waals surface area (Å²) in [7, 11) is 1.67. The van der Waals surface area contributed by atoms with Crippen molar-refractivity contribution in [3.63, 3.8) is 0 Å². The van der Waals surface area contributed by atoms with Gasteiger partial charge in [0.25, 0.3) is 0 Å². The fraction of sp³-hybridized carbons (Fsp3) is 0.625. The molecule has 1 aromatic rings. The highest BCUT2D eigenvalue weighted by atomic mass is 16.5. The van der Waals surface area contributed by atoms with E-state index in [1.807, 2.05) is 20.0 Å². The average molecular weight is 292 g/mol. The normalized spacial score (nSPS) is 21.5. The zero-order valence-electron chi connectivity index (χ0n) is 13.0. The summed E-state index contributed by atoms with van der Waals surface area (Å²) in [5, 5.41) is 12.5. The van der Waals surface area contributed by atoms with E-state index in [4.69, 9.17) is 4.74 Å². The van der Waals surface area contributed by atoms with Crippen LogP contribution in [0.1, 0.15) is 36.1 Å². The number of hydrogen-bond acceptors (Lipinski definition) is 4. The van der Waals surface area contributed by atoms with Gasteiger partial charge in [-0.1, -0.05) is 6.42 Å². The second-order valence-corrected chi connectivity index (χ2v) is 5.81. The Morgan fingerprint density at radius 1 is 1.48 bits per heavy atom. The first-order valence-corrected chi connectivity index (χ1v) is 7.47. The maximum atomic E-state index is 11.2. The minimum atomic E-state index is -0.661. The van der Waals surface area contributed by atoms with Crippen molar-refractivity contribution in [2.24, 2.45) is 11.8 Å². The molecular formula is C16H24N2O3. The number of pyridine rings is 1. The second-order valence-electron chi connectivity index (χ2n) is 5.81. The lowest BCUT2D eigenvalue weighted by molar-refractivity contribution is -0.142. The number of carboxylic acid groups (broad SMARTS) is 1. The van der Waals surface area contributed by atoms with E-state index in [9.17, 15) is 9.90 Å². The van der Waals surface area contributed by atoms with Gasteiger partial charge in [-0.2, -0.15) is 0 Å². The molecule has 1 fully saturated rings. The van der Waals surface area contributed by atoms with Crippen LogP contribution in [0, 0.1) is 25.7 Å². The van der Waals surface area contributed by atoms with Crippen molar-refractivity contribution in [2.45, 2.75) is 39.7 Å². The van der Waals surface area contributed by atoms with Gasteiger partial charge in [0.05, 0.1) is 18.7 Å². The molecule has 0 bridgehead atoms. The maximum Gasteiger partial charge on any atom is 0.306 e. The Labute approximate surface area is 125 Å². The van der Waals surface area contributed by atoms with Crippen LogP contribution >= 0.6 is 0 Å². The molecule has 1 heterocycles. The van der Waals surface area contributed by atoms with Crippen molar-refractivity contribution in [1.29, 1.82) is 0 Å². The van der Waals surface area contributed by atoms with E-state index >= 15 is 0 Å². The summed E-state index contributed by atoms with van der Waals surface area (Å²) in [4.78, 5) is 15.6. The van der Waals surface area contributed by atoms with E-state index < -0.39 is 5.97 Å². The lowest BCUT2D eigenvalue weighted by Gasteiger charge is -2.17. The quantitative estimate of drug-likeness (QED) is 0.842. The second kappa shape index (κ2) is 6.89. The highest BCUT2D eigenvalue weighted by molar-refractivity contribution is 5.70. The molecule has 0 amide bonds. The van der Waals surface area contributed by atoms with Crippen molar-refractivity contribution < 1.29 is 14.6 Å². The number of methoxy groups -OCH3 is 1. The summed E-state index contributed by atoms with van der Waals surface area (Å²) in [6.07, 6.45) is 4.63. The number of hydrogen-bond donors (Lipinski definition) is 2. The van der Waals surface area contributed by atoms with Gasteiger partial charge in [0.2, 0.25) is 0 Å². The molecule has 0 aliphatic heterocycles. The highest BCUT2D eigenvalue weighted by Gasteiger charge is 2.32. The zero-order chi connectivity index (χ0) is 15.4. The number of carbonyl (C=O) groups is 1. The predicted molar refractivity (Wildman–Crippen MR) is 80.4 cm³/mol. The lowest BCUT2D eigenvalue weighted by atomic mass is 9.96. The third-order valence-electron chi connectivity index (χ3n) is 4.43. The smallest absolute Gasteiger partial charge is 0.306 e. The number of carboxylic acids is 1. The number of ether oxygens (including phenoxy) is 1. The topological polar surface area (TPSA) is 71.5 Å². The van der Waals surface area contributed by atoms with Gasteiger partial charge in [-0.3, -0.25) is 9.78 Å². The summed E-state index contributed by atoms with van der Waals surface area (Å²) >= 11 is 0. The predicted octanol–water partition coefficient (Wildman–Crippen LogP) is 2.30. The fourth-order valence-electron chi connectivity index (χ4n) is 3.23. The Morgan fingerprint density at radius 3 is 2.90 bits per heavy atom. The first-order valence-electron chi connectivity index (χ1n) is 7.47. The Morgan fingerprint density at radius 2 is 2.24 bits per heavy atom. The number of aromatic nitrogens is 1. The highest BCUT2D eigenvalue weighted by Crippen LogP contribution is 2.31. The van der Waals surface area contributed by atoms with Gasteiger partial charge in [-0.05, 0) is 39.2 Å². The summed E-state index contributed by atoms with van der Waals surface area (Å²) in [6.45, 7) is 5.36. The molecule has 1 aliphatic carbocycles. The molecule has 2 atom stereocenters. The summed E-state index contributed by atoms with van der Waals surface area (Å²) in [6, 6.07) is 0. The minimum absolute atomic E-state index is 0.195. The molecule has 2 unspecified atom stereocenters. The van der Waals surface area contributed by atoms with Gasteiger partial charge < -0.3 is 15.2 Å². The van der Waals surface area contributed by atoms with Crippen LogP contribution in [0.4, 0.5) is 0 Å². The number of nitrogens with one attached hydrogen (secondary N) is 1. The molecule has 5 nitrogen and oxygen atoms in total. The van der Waals surface area contributed by atoms with Gasteiger partial charge in [0, 0.05) is 23.9 Å². The SMILES string of the molecule is COc1c(C)cnc(CNCC2CCCC2C(=O)O)c1C. The van der Waals surface area contributed by atoms with Crippen molar-refractivity contribution >= 4 is 5.97 Å². The number of nitrogens with zero attached hydrogens (tertiary/aromatic N) is 1. The third kappa shape index (κ3) is 3.53. The average Bonchev–Trinajstić information content (AvgIpc) is 2.90. The largest absolute Gasteiger partial charge is 0.496 e. The van der Waals surface area contributed by atoms with Crippen LogP contribution in [-0.2, 0) is 11.3 Å². The molecule has 1 aliphatic rings. The van der Waals surface area contributed by atoms with Crippen molar-refractivity contribution in [3.8, 4) is 5.75 Å². The molecule has 0 radical (unpaired) electrons. The molecule has 2 N–H and O–H groups in total. The first-order chi connectivity index (χ1) is 10.0. The number of aryl methyl sites for hydroxylation is 1. The van der Waals surface area contributed by atoms with Gasteiger partial charge in [0.1, 0.15) is 5.75 Å². The minimum Gasteiger partial charge on any atom is -0.496 e. The standard InChI is InChI=1S/C16H24N2O3/c1-10-7-18-14(11(2)15(10)21-3)9-17-8-12-5-4-6-13(12)16(19)20/h7,12-13,17H,4-6,8-9H2,1-3H3,(H,19,20). The molecule has 5 heteroatoms. The van der Waals surface area contributed by atoms with Crippen LogP contribution in [0.25, 0.3) is 0 Å². The van der Waals surface area contributed by atoms with Crippen molar-refractivity contribution in [1.82, 2.24) is 10.3 Å². The Kier molecular flexibility index (Phi) is 5.17. The van der Waals surface area contributed by atoms with E-state index in [2.05, 4.69) is 10.3 Å². The van der Waals surface area contributed by atoms with E-state index in [1.54, 1.807) is 7.11 Å². The van der Waals surface area contributed by atoms with Gasteiger partial charge in [0.15, 0.2) is 0 Å². The summed E-state index contributed by atoms with van der Waals surface area (Å²) in [5.74, 6) is 0.256. The molecule has 21 heavy (non-hydrogen) atoms. The van der Waals surface area contributed by atoms with Crippen LogP contribution in [0.5, 0.6) is 5.75 Å². The van der Waals surface area contributed by atoms with E-state index in [0.717, 1.165) is 48.4 Å². The van der Waals surface area contributed by atoms with E-state index in [0.29, 0.717) is 6.54 Å². The molecular weight excluding hydrogens is 268 g/mol. The third-order valence-corrected chi connectivity index (χ3v) is 4.43. The van der Waals surface area contributed by atoms with Crippen LogP contribution in [0.2, 0.25) is 0 Å². The van der Waals surface area contributed by atoms with Crippen LogP contribution in [0.3, 0.4) is 0 Å². The maximum absolute atomic E-state index is 11.2. The van der Waals surface area contributed by atoms with Gasteiger partial charge in [-0.15, -0.1) is 0 Å².